The molecule has 106 valence electrons. The Morgan fingerprint density at radius 1 is 1.25 bits per heavy atom. The molecule has 0 aliphatic carbocycles. The predicted molar refractivity (Wildman–Crippen MR) is 83.1 cm³/mol. The van der Waals surface area contributed by atoms with Gasteiger partial charge in [-0.15, -0.1) is 0 Å². The zero-order valence-corrected chi connectivity index (χ0v) is 12.4. The minimum absolute atomic E-state index is 0.151. The van der Waals surface area contributed by atoms with Crippen LogP contribution in [0.2, 0.25) is 0 Å². The fourth-order valence-electron chi connectivity index (χ4n) is 2.03. The second kappa shape index (κ2) is 5.49. The van der Waals surface area contributed by atoms with Crippen molar-refractivity contribution in [1.82, 2.24) is 10.3 Å². The minimum atomic E-state index is -0.275. The lowest BCUT2D eigenvalue weighted by Gasteiger charge is -2.20. The van der Waals surface area contributed by atoms with Crippen LogP contribution in [-0.2, 0) is 0 Å². The van der Waals surface area contributed by atoms with Gasteiger partial charge < -0.3 is 10.6 Å². The van der Waals surface area contributed by atoms with Gasteiger partial charge in [0.15, 0.2) is 0 Å². The lowest BCUT2D eigenvalue weighted by Crippen LogP contribution is -2.40. The molecular weight excluding hydrogens is 250 g/mol. The Morgan fingerprint density at radius 3 is 2.60 bits per heavy atom. The molecule has 20 heavy (non-hydrogen) atoms. The fourth-order valence-corrected chi connectivity index (χ4v) is 2.03. The summed E-state index contributed by atoms with van der Waals surface area (Å²) >= 11 is 0. The van der Waals surface area contributed by atoms with Crippen LogP contribution in [0.1, 0.15) is 38.2 Å². The van der Waals surface area contributed by atoms with Crippen LogP contribution in [0, 0.1) is 0 Å². The summed E-state index contributed by atoms with van der Waals surface area (Å²) in [7, 11) is 0. The van der Waals surface area contributed by atoms with E-state index in [-0.39, 0.29) is 11.4 Å². The van der Waals surface area contributed by atoms with Gasteiger partial charge in [-0.1, -0.05) is 18.2 Å². The smallest absolute Gasteiger partial charge is 0.270 e. The number of benzene rings is 1. The summed E-state index contributed by atoms with van der Waals surface area (Å²) in [4.78, 5) is 16.7. The number of carbonyl (C=O) groups is 1. The molecule has 0 aliphatic rings. The first-order valence-corrected chi connectivity index (χ1v) is 6.87. The van der Waals surface area contributed by atoms with E-state index >= 15 is 0 Å². The molecule has 0 aliphatic heterocycles. The van der Waals surface area contributed by atoms with Crippen molar-refractivity contribution in [2.45, 2.75) is 33.2 Å². The molecular formula is C16H21N3O. The van der Waals surface area contributed by atoms with E-state index < -0.39 is 0 Å². The second-order valence-electron chi connectivity index (χ2n) is 5.81. The molecule has 0 radical (unpaired) electrons. The Labute approximate surface area is 119 Å². The van der Waals surface area contributed by atoms with Gasteiger partial charge in [0.05, 0.1) is 5.52 Å². The number of aromatic nitrogens is 1. The van der Waals surface area contributed by atoms with E-state index in [1.54, 1.807) is 0 Å². The number of fused-ring (bicyclic) bond motifs is 1. The van der Waals surface area contributed by atoms with Crippen LogP contribution >= 0.6 is 0 Å². The first-order valence-electron chi connectivity index (χ1n) is 6.87. The third-order valence-corrected chi connectivity index (χ3v) is 2.80. The monoisotopic (exact) mass is 271 g/mol. The molecule has 2 N–H and O–H groups in total. The van der Waals surface area contributed by atoms with Gasteiger partial charge in [0.25, 0.3) is 5.91 Å². The topological polar surface area (TPSA) is 54.0 Å². The molecule has 0 saturated heterocycles. The zero-order chi connectivity index (χ0) is 14.8. The molecule has 2 aromatic rings. The molecule has 1 aromatic heterocycles. The molecule has 1 heterocycles. The summed E-state index contributed by atoms with van der Waals surface area (Å²) in [5.41, 5.74) is 1.93. The number of anilines is 1. The maximum absolute atomic E-state index is 12.3. The molecule has 4 nitrogen and oxygen atoms in total. The highest BCUT2D eigenvalue weighted by Crippen LogP contribution is 2.23. The number of nitrogens with one attached hydrogen (secondary N) is 2. The van der Waals surface area contributed by atoms with Crippen molar-refractivity contribution >= 4 is 22.5 Å². The number of para-hydroxylation sites is 1. The van der Waals surface area contributed by atoms with E-state index in [4.69, 9.17) is 0 Å². The molecule has 2 rings (SSSR count). The Kier molecular flexibility index (Phi) is 3.93. The Bertz CT molecular complexity index is 629. The molecule has 0 bridgehead atoms. The van der Waals surface area contributed by atoms with Gasteiger partial charge in [-0.3, -0.25) is 4.79 Å². The quantitative estimate of drug-likeness (QED) is 0.901. The van der Waals surface area contributed by atoms with Crippen LogP contribution in [0.3, 0.4) is 0 Å². The highest BCUT2D eigenvalue weighted by Gasteiger charge is 2.17. The van der Waals surface area contributed by atoms with E-state index in [0.29, 0.717) is 5.69 Å². The van der Waals surface area contributed by atoms with Crippen LogP contribution in [0.25, 0.3) is 10.9 Å². The highest BCUT2D eigenvalue weighted by atomic mass is 16.2. The summed E-state index contributed by atoms with van der Waals surface area (Å²) in [6, 6.07) is 9.64. The van der Waals surface area contributed by atoms with Crippen molar-refractivity contribution in [1.29, 1.82) is 0 Å². The van der Waals surface area contributed by atoms with Gasteiger partial charge in [-0.2, -0.15) is 0 Å². The molecule has 1 amide bonds. The maximum atomic E-state index is 12.3. The number of carbonyl (C=O) groups excluding carboxylic acids is 1. The van der Waals surface area contributed by atoms with Crippen molar-refractivity contribution in [2.75, 3.05) is 11.9 Å². The molecule has 4 heteroatoms. The summed E-state index contributed by atoms with van der Waals surface area (Å²) in [5, 5.41) is 7.26. The Balaban J connectivity index is 2.47. The van der Waals surface area contributed by atoms with Crippen LogP contribution in [0.15, 0.2) is 30.3 Å². The van der Waals surface area contributed by atoms with E-state index in [1.807, 2.05) is 58.0 Å². The van der Waals surface area contributed by atoms with E-state index in [0.717, 1.165) is 23.1 Å². The minimum Gasteiger partial charge on any atom is -0.385 e. The molecule has 0 atom stereocenters. The van der Waals surface area contributed by atoms with Crippen LogP contribution in [0.4, 0.5) is 5.69 Å². The third kappa shape index (κ3) is 3.26. The highest BCUT2D eigenvalue weighted by molar-refractivity contribution is 6.00. The van der Waals surface area contributed by atoms with Crippen molar-refractivity contribution in [2.24, 2.45) is 0 Å². The van der Waals surface area contributed by atoms with E-state index in [1.165, 1.54) is 0 Å². The zero-order valence-electron chi connectivity index (χ0n) is 12.4. The number of rotatable bonds is 3. The molecule has 0 fully saturated rings. The average Bonchev–Trinajstić information content (AvgIpc) is 2.37. The van der Waals surface area contributed by atoms with Crippen molar-refractivity contribution < 1.29 is 4.79 Å². The number of nitrogens with zero attached hydrogens (tertiary/aromatic N) is 1. The predicted octanol–water partition coefficient (Wildman–Crippen LogP) is 3.19. The Hall–Kier alpha value is -2.10. The summed E-state index contributed by atoms with van der Waals surface area (Å²) in [6.07, 6.45) is 0. The first-order chi connectivity index (χ1) is 9.40. The summed E-state index contributed by atoms with van der Waals surface area (Å²) in [6.45, 7) is 8.70. The summed E-state index contributed by atoms with van der Waals surface area (Å²) < 4.78 is 0. The van der Waals surface area contributed by atoms with Gasteiger partial charge in [0, 0.05) is 23.2 Å². The second-order valence-corrected chi connectivity index (χ2v) is 5.81. The van der Waals surface area contributed by atoms with Gasteiger partial charge in [0.1, 0.15) is 5.69 Å². The van der Waals surface area contributed by atoms with Gasteiger partial charge in [-0.25, -0.2) is 4.98 Å². The number of amides is 1. The Morgan fingerprint density at radius 2 is 1.95 bits per heavy atom. The molecule has 0 unspecified atom stereocenters. The van der Waals surface area contributed by atoms with Gasteiger partial charge >= 0.3 is 0 Å². The maximum Gasteiger partial charge on any atom is 0.270 e. The fraction of sp³-hybridized carbons (Fsp3) is 0.375. The normalized spacial score (nSPS) is 11.4. The number of hydrogen-bond donors (Lipinski definition) is 2. The standard InChI is InChI=1S/C16H21N3O/c1-5-17-13-10-14(15(20)19-16(2,3)4)18-12-9-7-6-8-11(12)13/h6-10H,5H2,1-4H3,(H,17,18)(H,19,20). The van der Waals surface area contributed by atoms with Crippen LogP contribution < -0.4 is 10.6 Å². The SMILES string of the molecule is CCNc1cc(C(=O)NC(C)(C)C)nc2ccccc12. The van der Waals surface area contributed by atoms with Crippen molar-refractivity contribution in [3.05, 3.63) is 36.0 Å². The largest absolute Gasteiger partial charge is 0.385 e. The van der Waals surface area contributed by atoms with Crippen LogP contribution in [-0.4, -0.2) is 23.0 Å². The molecule has 1 aromatic carbocycles. The number of pyridine rings is 1. The lowest BCUT2D eigenvalue weighted by atomic mass is 10.1. The van der Waals surface area contributed by atoms with Gasteiger partial charge in [-0.05, 0) is 39.8 Å². The van der Waals surface area contributed by atoms with Gasteiger partial charge in [0.2, 0.25) is 0 Å². The van der Waals surface area contributed by atoms with E-state index in [9.17, 15) is 4.79 Å². The first kappa shape index (κ1) is 14.3. The van der Waals surface area contributed by atoms with Crippen LogP contribution in [0.5, 0.6) is 0 Å². The lowest BCUT2D eigenvalue weighted by molar-refractivity contribution is 0.0915. The third-order valence-electron chi connectivity index (χ3n) is 2.80. The van der Waals surface area contributed by atoms with Crippen molar-refractivity contribution in [3.8, 4) is 0 Å². The number of hydrogen-bond acceptors (Lipinski definition) is 3. The van der Waals surface area contributed by atoms with E-state index in [2.05, 4.69) is 15.6 Å². The molecule has 0 spiro atoms. The molecule has 0 saturated carbocycles. The van der Waals surface area contributed by atoms with Crippen molar-refractivity contribution in [3.63, 3.8) is 0 Å². The average molecular weight is 271 g/mol. The summed E-state index contributed by atoms with van der Waals surface area (Å²) in [5.74, 6) is -0.151.